The summed E-state index contributed by atoms with van der Waals surface area (Å²) in [6.45, 7) is 5.14. The number of nitrogens with one attached hydrogen (secondary N) is 1. The van der Waals surface area contributed by atoms with Crippen molar-refractivity contribution in [3.63, 3.8) is 0 Å². The Hall–Kier alpha value is -0.880. The van der Waals surface area contributed by atoms with Crippen LogP contribution in [0, 0.1) is 4.77 Å². The van der Waals surface area contributed by atoms with Gasteiger partial charge in [0.1, 0.15) is 0 Å². The molecule has 0 aromatic carbocycles. The molecule has 0 spiro atoms. The molecule has 5 nitrogen and oxygen atoms in total. The Morgan fingerprint density at radius 2 is 2.00 bits per heavy atom. The van der Waals surface area contributed by atoms with Gasteiger partial charge in [0.05, 0.1) is 0 Å². The van der Waals surface area contributed by atoms with Crippen molar-refractivity contribution >= 4 is 18.2 Å². The van der Waals surface area contributed by atoms with Crippen LogP contribution in [0.15, 0.2) is 0 Å². The van der Waals surface area contributed by atoms with Crippen molar-refractivity contribution in [2.24, 2.45) is 0 Å². The zero-order chi connectivity index (χ0) is 12.8. The maximum atomic E-state index is 5.22. The normalized spacial score (nSPS) is 11.1. The molecule has 0 aliphatic heterocycles. The standard InChI is InChI=1S/C11H23N5S/c1-5-7-16-10(12-13-11(16)17)15(4)9-6-8-14(2)3/h5-9H2,1-4H3,(H,13,17). The number of anilines is 1. The van der Waals surface area contributed by atoms with Crippen LogP contribution < -0.4 is 4.90 Å². The van der Waals surface area contributed by atoms with Crippen LogP contribution in [0.25, 0.3) is 0 Å². The van der Waals surface area contributed by atoms with Crippen molar-refractivity contribution in [1.82, 2.24) is 19.7 Å². The molecular weight excluding hydrogens is 234 g/mol. The summed E-state index contributed by atoms with van der Waals surface area (Å²) in [6, 6.07) is 0. The second kappa shape index (κ2) is 6.76. The van der Waals surface area contributed by atoms with Crippen molar-refractivity contribution < 1.29 is 0 Å². The minimum absolute atomic E-state index is 0.710. The van der Waals surface area contributed by atoms with E-state index in [-0.39, 0.29) is 0 Å². The van der Waals surface area contributed by atoms with E-state index in [0.717, 1.165) is 38.4 Å². The average Bonchev–Trinajstić information content (AvgIpc) is 2.61. The maximum absolute atomic E-state index is 5.22. The van der Waals surface area contributed by atoms with E-state index in [0.29, 0.717) is 4.77 Å². The molecule has 17 heavy (non-hydrogen) atoms. The lowest BCUT2D eigenvalue weighted by Gasteiger charge is -2.19. The second-order valence-electron chi connectivity index (χ2n) is 4.56. The summed E-state index contributed by atoms with van der Waals surface area (Å²) in [5.74, 6) is 0.940. The third-order valence-electron chi connectivity index (χ3n) is 2.63. The lowest BCUT2D eigenvalue weighted by molar-refractivity contribution is 0.401. The fourth-order valence-corrected chi connectivity index (χ4v) is 1.97. The van der Waals surface area contributed by atoms with E-state index in [2.05, 4.69) is 52.6 Å². The van der Waals surface area contributed by atoms with Gasteiger partial charge in [0, 0.05) is 20.1 Å². The number of hydrogen-bond acceptors (Lipinski definition) is 4. The number of nitrogens with zero attached hydrogens (tertiary/aromatic N) is 4. The first-order chi connectivity index (χ1) is 8.06. The van der Waals surface area contributed by atoms with Crippen LogP contribution in [-0.4, -0.2) is 53.9 Å². The Bertz CT molecular complexity index is 381. The number of aromatic amines is 1. The van der Waals surface area contributed by atoms with E-state index >= 15 is 0 Å². The lowest BCUT2D eigenvalue weighted by Crippen LogP contribution is -2.26. The van der Waals surface area contributed by atoms with Gasteiger partial charge >= 0.3 is 0 Å². The van der Waals surface area contributed by atoms with Crippen molar-refractivity contribution in [2.45, 2.75) is 26.3 Å². The van der Waals surface area contributed by atoms with Gasteiger partial charge in [-0.05, 0) is 45.7 Å². The molecule has 1 aromatic heterocycles. The van der Waals surface area contributed by atoms with Gasteiger partial charge in [0.15, 0.2) is 4.77 Å². The van der Waals surface area contributed by atoms with Crippen LogP contribution in [0.4, 0.5) is 5.95 Å². The van der Waals surface area contributed by atoms with Crippen LogP contribution in [0.3, 0.4) is 0 Å². The number of rotatable bonds is 7. The van der Waals surface area contributed by atoms with Crippen molar-refractivity contribution in [3.8, 4) is 0 Å². The maximum Gasteiger partial charge on any atom is 0.225 e. The van der Waals surface area contributed by atoms with Gasteiger partial charge in [0.25, 0.3) is 0 Å². The summed E-state index contributed by atoms with van der Waals surface area (Å²) < 4.78 is 2.77. The quantitative estimate of drug-likeness (QED) is 0.755. The highest BCUT2D eigenvalue weighted by molar-refractivity contribution is 7.71. The molecule has 0 aliphatic carbocycles. The molecule has 6 heteroatoms. The SMILES string of the molecule is CCCn1c(N(C)CCCN(C)C)n[nH]c1=S. The van der Waals surface area contributed by atoms with Gasteiger partial charge in [-0.25, -0.2) is 5.10 Å². The number of hydrogen-bond donors (Lipinski definition) is 1. The van der Waals surface area contributed by atoms with Crippen LogP contribution in [-0.2, 0) is 6.54 Å². The van der Waals surface area contributed by atoms with Gasteiger partial charge in [-0.2, -0.15) is 0 Å². The fraction of sp³-hybridized carbons (Fsp3) is 0.818. The van der Waals surface area contributed by atoms with Crippen molar-refractivity contribution in [2.75, 3.05) is 39.1 Å². The Labute approximate surface area is 108 Å². The number of aromatic nitrogens is 3. The van der Waals surface area contributed by atoms with E-state index in [4.69, 9.17) is 12.2 Å². The van der Waals surface area contributed by atoms with E-state index in [1.54, 1.807) is 0 Å². The molecular formula is C11H23N5S. The smallest absolute Gasteiger partial charge is 0.225 e. The molecule has 1 rings (SSSR count). The zero-order valence-corrected chi connectivity index (χ0v) is 12.0. The van der Waals surface area contributed by atoms with Crippen LogP contribution >= 0.6 is 12.2 Å². The molecule has 98 valence electrons. The van der Waals surface area contributed by atoms with Gasteiger partial charge < -0.3 is 9.80 Å². The molecule has 1 heterocycles. The largest absolute Gasteiger partial charge is 0.344 e. The van der Waals surface area contributed by atoms with E-state index in [1.165, 1.54) is 0 Å². The minimum Gasteiger partial charge on any atom is -0.344 e. The summed E-state index contributed by atoms with van der Waals surface area (Å²) in [5, 5.41) is 7.16. The Morgan fingerprint density at radius 3 is 2.59 bits per heavy atom. The summed E-state index contributed by atoms with van der Waals surface area (Å²) in [5.41, 5.74) is 0. The Morgan fingerprint density at radius 1 is 1.29 bits per heavy atom. The van der Waals surface area contributed by atoms with Crippen molar-refractivity contribution in [3.05, 3.63) is 4.77 Å². The van der Waals surface area contributed by atoms with E-state index < -0.39 is 0 Å². The van der Waals surface area contributed by atoms with Crippen LogP contribution in [0.2, 0.25) is 0 Å². The number of H-pyrrole nitrogens is 1. The Balaban J connectivity index is 2.62. The first kappa shape index (κ1) is 14.2. The Kier molecular flexibility index (Phi) is 5.64. The first-order valence-corrected chi connectivity index (χ1v) is 6.48. The molecule has 0 fully saturated rings. The van der Waals surface area contributed by atoms with Gasteiger partial charge in [-0.15, -0.1) is 5.10 Å². The summed E-state index contributed by atoms with van der Waals surface area (Å²) in [4.78, 5) is 4.35. The topological polar surface area (TPSA) is 40.1 Å². The van der Waals surface area contributed by atoms with Gasteiger partial charge in [-0.1, -0.05) is 6.92 Å². The summed E-state index contributed by atoms with van der Waals surface area (Å²) >= 11 is 5.22. The summed E-state index contributed by atoms with van der Waals surface area (Å²) in [7, 11) is 6.24. The monoisotopic (exact) mass is 257 g/mol. The molecule has 0 amide bonds. The molecule has 1 N–H and O–H groups in total. The molecule has 0 saturated heterocycles. The molecule has 0 bridgehead atoms. The van der Waals surface area contributed by atoms with Gasteiger partial charge in [-0.3, -0.25) is 4.57 Å². The molecule has 0 radical (unpaired) electrons. The third-order valence-corrected chi connectivity index (χ3v) is 2.94. The molecule has 0 unspecified atom stereocenters. The highest BCUT2D eigenvalue weighted by Crippen LogP contribution is 2.10. The highest BCUT2D eigenvalue weighted by atomic mass is 32.1. The average molecular weight is 257 g/mol. The van der Waals surface area contributed by atoms with Crippen LogP contribution in [0.5, 0.6) is 0 Å². The zero-order valence-electron chi connectivity index (χ0n) is 11.2. The van der Waals surface area contributed by atoms with Gasteiger partial charge in [0.2, 0.25) is 5.95 Å². The minimum atomic E-state index is 0.710. The van der Waals surface area contributed by atoms with Crippen molar-refractivity contribution in [1.29, 1.82) is 0 Å². The second-order valence-corrected chi connectivity index (χ2v) is 4.95. The molecule has 0 atom stereocenters. The molecule has 1 aromatic rings. The van der Waals surface area contributed by atoms with E-state index in [9.17, 15) is 0 Å². The first-order valence-electron chi connectivity index (χ1n) is 6.07. The summed E-state index contributed by atoms with van der Waals surface area (Å²) in [6.07, 6.45) is 2.18. The highest BCUT2D eigenvalue weighted by Gasteiger charge is 2.09. The predicted octanol–water partition coefficient (Wildman–Crippen LogP) is 1.74. The molecule has 0 aliphatic rings. The predicted molar refractivity (Wildman–Crippen MR) is 74.1 cm³/mol. The van der Waals surface area contributed by atoms with E-state index in [1.807, 2.05) is 0 Å². The third kappa shape index (κ3) is 4.12. The molecule has 0 saturated carbocycles. The fourth-order valence-electron chi connectivity index (χ4n) is 1.75. The lowest BCUT2D eigenvalue weighted by atomic mass is 10.4. The van der Waals surface area contributed by atoms with Crippen LogP contribution in [0.1, 0.15) is 19.8 Å².